The van der Waals surface area contributed by atoms with Crippen LogP contribution in [0.3, 0.4) is 0 Å². The van der Waals surface area contributed by atoms with Crippen LogP contribution in [0.25, 0.3) is 10.9 Å². The molecule has 1 aliphatic carbocycles. The van der Waals surface area contributed by atoms with Crippen molar-refractivity contribution in [2.24, 2.45) is 0 Å². The molecular weight excluding hydrogens is 166 g/mol. The molecule has 0 amide bonds. The van der Waals surface area contributed by atoms with E-state index in [2.05, 4.69) is 15.0 Å². The van der Waals surface area contributed by atoms with Gasteiger partial charge in [0.25, 0.3) is 0 Å². The van der Waals surface area contributed by atoms with Gasteiger partial charge >= 0.3 is 5.69 Å². The van der Waals surface area contributed by atoms with E-state index in [4.69, 9.17) is 0 Å². The van der Waals surface area contributed by atoms with Crippen LogP contribution in [-0.4, -0.2) is 15.0 Å². The summed E-state index contributed by atoms with van der Waals surface area (Å²) in [5, 5.41) is 1.04. The van der Waals surface area contributed by atoms with Crippen molar-refractivity contribution < 1.29 is 0 Å². The van der Waals surface area contributed by atoms with Gasteiger partial charge in [-0.25, -0.2) is 4.79 Å². The molecule has 0 radical (unpaired) electrons. The molecule has 0 bridgehead atoms. The molecule has 0 aromatic carbocycles. The quantitative estimate of drug-likeness (QED) is 0.628. The van der Waals surface area contributed by atoms with E-state index in [0.29, 0.717) is 0 Å². The maximum absolute atomic E-state index is 11.1. The monoisotopic (exact) mass is 173 g/mol. The number of nitrogens with one attached hydrogen (secondary N) is 1. The Hall–Kier alpha value is -1.71. The molecule has 64 valence electrons. The van der Waals surface area contributed by atoms with Gasteiger partial charge in [0.2, 0.25) is 0 Å². The summed E-state index contributed by atoms with van der Waals surface area (Å²) in [7, 11) is 0. The summed E-state index contributed by atoms with van der Waals surface area (Å²) >= 11 is 0. The van der Waals surface area contributed by atoms with Crippen molar-refractivity contribution in [1.82, 2.24) is 15.0 Å². The zero-order valence-corrected chi connectivity index (χ0v) is 6.87. The fraction of sp³-hybridized carbons (Fsp3) is 0.222. The third-order valence-corrected chi connectivity index (χ3v) is 2.40. The maximum atomic E-state index is 11.1. The van der Waals surface area contributed by atoms with E-state index in [1.165, 1.54) is 0 Å². The lowest BCUT2D eigenvalue weighted by molar-refractivity contribution is 0.932. The normalized spacial score (nSPS) is 13.8. The fourth-order valence-electron chi connectivity index (χ4n) is 1.86. The molecule has 0 fully saturated rings. The van der Waals surface area contributed by atoms with Gasteiger partial charge in [-0.15, -0.1) is 0 Å². The van der Waals surface area contributed by atoms with Gasteiger partial charge in [-0.2, -0.15) is 4.98 Å². The molecule has 2 heterocycles. The molecule has 2 aromatic rings. The Bertz CT molecular complexity index is 544. The molecule has 0 saturated carbocycles. The van der Waals surface area contributed by atoms with Crippen molar-refractivity contribution in [3.63, 3.8) is 0 Å². The van der Waals surface area contributed by atoms with Crippen LogP contribution in [0.1, 0.15) is 11.4 Å². The van der Waals surface area contributed by atoms with Crippen LogP contribution in [-0.2, 0) is 12.8 Å². The number of H-pyrrole nitrogens is 1. The fourth-order valence-corrected chi connectivity index (χ4v) is 1.86. The molecule has 0 spiro atoms. The van der Waals surface area contributed by atoms with Gasteiger partial charge < -0.3 is 4.98 Å². The highest BCUT2D eigenvalue weighted by molar-refractivity contribution is 5.84. The molecule has 2 aromatic heterocycles. The van der Waals surface area contributed by atoms with E-state index in [1.54, 1.807) is 12.3 Å². The molecule has 1 aliphatic rings. The van der Waals surface area contributed by atoms with Crippen LogP contribution < -0.4 is 5.69 Å². The van der Waals surface area contributed by atoms with E-state index < -0.39 is 0 Å². The Labute approximate surface area is 73.7 Å². The predicted molar refractivity (Wildman–Crippen MR) is 47.6 cm³/mol. The molecule has 3 rings (SSSR count). The number of aromatic nitrogens is 3. The highest BCUT2D eigenvalue weighted by Crippen LogP contribution is 2.24. The Morgan fingerprint density at radius 1 is 1.38 bits per heavy atom. The van der Waals surface area contributed by atoms with Crippen LogP contribution in [0.15, 0.2) is 17.1 Å². The van der Waals surface area contributed by atoms with Crippen molar-refractivity contribution in [1.29, 1.82) is 0 Å². The highest BCUT2D eigenvalue weighted by Gasteiger charge is 2.16. The van der Waals surface area contributed by atoms with E-state index in [0.717, 1.165) is 35.1 Å². The number of hydrogen-bond acceptors (Lipinski definition) is 3. The zero-order valence-electron chi connectivity index (χ0n) is 6.87. The highest BCUT2D eigenvalue weighted by atomic mass is 16.1. The lowest BCUT2D eigenvalue weighted by Gasteiger charge is -1.97. The molecule has 0 aliphatic heterocycles. The second-order valence-electron chi connectivity index (χ2n) is 3.17. The van der Waals surface area contributed by atoms with Crippen LogP contribution >= 0.6 is 0 Å². The Balaban J connectivity index is 2.61. The number of nitrogens with zero attached hydrogens (tertiary/aromatic N) is 2. The van der Waals surface area contributed by atoms with E-state index in [-0.39, 0.29) is 5.69 Å². The topological polar surface area (TPSA) is 58.6 Å². The third-order valence-electron chi connectivity index (χ3n) is 2.40. The van der Waals surface area contributed by atoms with Gasteiger partial charge in [-0.1, -0.05) is 0 Å². The first-order chi connectivity index (χ1) is 6.34. The van der Waals surface area contributed by atoms with Gasteiger partial charge in [0.1, 0.15) is 0 Å². The zero-order chi connectivity index (χ0) is 8.84. The minimum atomic E-state index is -0.262. The van der Waals surface area contributed by atoms with Gasteiger partial charge in [0.15, 0.2) is 0 Å². The van der Waals surface area contributed by atoms with Crippen molar-refractivity contribution in [2.75, 3.05) is 0 Å². The standard InChI is InChI=1S/C9H7N3O/c13-9-11-6-2-1-5-8(6)7(12-9)3-4-10-5/h3-4H,1-2H2,(H,11,12,13). The second-order valence-corrected chi connectivity index (χ2v) is 3.17. The minimum Gasteiger partial charge on any atom is -0.309 e. The number of rotatable bonds is 0. The summed E-state index contributed by atoms with van der Waals surface area (Å²) < 4.78 is 0. The average Bonchev–Trinajstić information content (AvgIpc) is 2.50. The van der Waals surface area contributed by atoms with Crippen LogP contribution in [0.4, 0.5) is 0 Å². The van der Waals surface area contributed by atoms with Gasteiger partial charge in [0, 0.05) is 17.3 Å². The molecule has 4 heteroatoms. The Kier molecular flexibility index (Phi) is 1.12. The lowest BCUT2D eigenvalue weighted by Crippen LogP contribution is -2.11. The summed E-state index contributed by atoms with van der Waals surface area (Å²) in [6.45, 7) is 0. The SMILES string of the molecule is O=c1nc2ccnc3c2c([nH]1)CC3. The number of hydrogen-bond donors (Lipinski definition) is 1. The molecule has 13 heavy (non-hydrogen) atoms. The summed E-state index contributed by atoms with van der Waals surface area (Å²) in [5.41, 5.74) is 2.54. The lowest BCUT2D eigenvalue weighted by atomic mass is 10.2. The van der Waals surface area contributed by atoms with Crippen molar-refractivity contribution in [3.05, 3.63) is 34.1 Å². The second kappa shape index (κ2) is 2.16. The van der Waals surface area contributed by atoms with Crippen LogP contribution in [0.2, 0.25) is 0 Å². The summed E-state index contributed by atoms with van der Waals surface area (Å²) in [6.07, 6.45) is 3.49. The summed E-state index contributed by atoms with van der Waals surface area (Å²) in [5.74, 6) is 0. The van der Waals surface area contributed by atoms with E-state index in [9.17, 15) is 4.79 Å². The van der Waals surface area contributed by atoms with E-state index >= 15 is 0 Å². The first-order valence-corrected chi connectivity index (χ1v) is 4.21. The summed E-state index contributed by atoms with van der Waals surface area (Å²) in [6, 6.07) is 1.78. The van der Waals surface area contributed by atoms with Crippen molar-refractivity contribution in [3.8, 4) is 0 Å². The molecule has 4 nitrogen and oxygen atoms in total. The molecule has 1 N–H and O–H groups in total. The van der Waals surface area contributed by atoms with Gasteiger partial charge in [0.05, 0.1) is 11.2 Å². The number of pyridine rings is 1. The number of aryl methyl sites for hydroxylation is 2. The smallest absolute Gasteiger partial charge is 0.309 e. The van der Waals surface area contributed by atoms with E-state index in [1.807, 2.05) is 0 Å². The predicted octanol–water partition coefficient (Wildman–Crippen LogP) is 0.417. The molecular formula is C9H7N3O. The molecule has 0 unspecified atom stereocenters. The largest absolute Gasteiger partial charge is 0.345 e. The van der Waals surface area contributed by atoms with Gasteiger partial charge in [-0.05, 0) is 18.9 Å². The molecule has 0 atom stereocenters. The third kappa shape index (κ3) is 0.824. The molecule has 0 saturated heterocycles. The first kappa shape index (κ1) is 6.77. The maximum Gasteiger partial charge on any atom is 0.345 e. The Morgan fingerprint density at radius 3 is 3.23 bits per heavy atom. The average molecular weight is 173 g/mol. The van der Waals surface area contributed by atoms with Crippen LogP contribution in [0, 0.1) is 0 Å². The van der Waals surface area contributed by atoms with Crippen molar-refractivity contribution >= 4 is 10.9 Å². The first-order valence-electron chi connectivity index (χ1n) is 4.21. The minimum absolute atomic E-state index is 0.262. The Morgan fingerprint density at radius 2 is 2.31 bits per heavy atom. The summed E-state index contributed by atoms with van der Waals surface area (Å²) in [4.78, 5) is 22.0. The van der Waals surface area contributed by atoms with Gasteiger partial charge in [-0.3, -0.25) is 4.98 Å². The number of aromatic amines is 1. The van der Waals surface area contributed by atoms with Crippen molar-refractivity contribution in [2.45, 2.75) is 12.8 Å². The van der Waals surface area contributed by atoms with Crippen LogP contribution in [0.5, 0.6) is 0 Å².